The molecular weight excluding hydrogens is 232 g/mol. The summed E-state index contributed by atoms with van der Waals surface area (Å²) in [6, 6.07) is 6.61. The van der Waals surface area contributed by atoms with E-state index in [1.54, 1.807) is 18.3 Å². The molecular formula is C11H10N6O. The molecule has 0 spiro atoms. The molecule has 0 atom stereocenters. The lowest BCUT2D eigenvalue weighted by Gasteiger charge is -2.00. The van der Waals surface area contributed by atoms with Crippen LogP contribution in [0.3, 0.4) is 0 Å². The van der Waals surface area contributed by atoms with Crippen molar-refractivity contribution in [2.75, 3.05) is 5.32 Å². The number of nitrogens with one attached hydrogen (secondary N) is 3. The Bertz CT molecular complexity index is 699. The maximum atomic E-state index is 10.9. The van der Waals surface area contributed by atoms with E-state index < -0.39 is 6.03 Å². The van der Waals surface area contributed by atoms with Gasteiger partial charge in [-0.05, 0) is 18.2 Å². The quantitative estimate of drug-likeness (QED) is 0.545. The topological polar surface area (TPSA) is 112 Å². The Kier molecular flexibility index (Phi) is 2.23. The minimum Gasteiger partial charge on any atom is -0.351 e. The number of amides is 2. The first kappa shape index (κ1) is 10.3. The maximum absolute atomic E-state index is 10.9. The second kappa shape index (κ2) is 3.88. The zero-order valence-corrected chi connectivity index (χ0v) is 9.27. The highest BCUT2D eigenvalue weighted by Crippen LogP contribution is 2.24. The Morgan fingerprint density at radius 3 is 2.94 bits per heavy atom. The van der Waals surface area contributed by atoms with Crippen molar-refractivity contribution < 1.29 is 4.79 Å². The molecule has 2 heterocycles. The van der Waals surface area contributed by atoms with Crippen molar-refractivity contribution in [1.82, 2.24) is 20.2 Å². The van der Waals surface area contributed by atoms with E-state index in [9.17, 15) is 4.79 Å². The summed E-state index contributed by atoms with van der Waals surface area (Å²) in [5.74, 6) is 0.654. The third-order valence-electron chi connectivity index (χ3n) is 2.53. The average molecular weight is 242 g/mol. The monoisotopic (exact) mass is 242 g/mol. The Morgan fingerprint density at radius 2 is 2.22 bits per heavy atom. The fourth-order valence-corrected chi connectivity index (χ4v) is 1.78. The van der Waals surface area contributed by atoms with Crippen LogP contribution in [0.4, 0.5) is 10.5 Å². The molecule has 18 heavy (non-hydrogen) atoms. The van der Waals surface area contributed by atoms with Gasteiger partial charge in [0, 0.05) is 6.20 Å². The zero-order chi connectivity index (χ0) is 12.5. The van der Waals surface area contributed by atoms with E-state index in [0.717, 1.165) is 11.2 Å². The van der Waals surface area contributed by atoms with Crippen LogP contribution in [-0.2, 0) is 0 Å². The smallest absolute Gasteiger partial charge is 0.316 e. The van der Waals surface area contributed by atoms with Gasteiger partial charge >= 0.3 is 6.03 Å². The van der Waals surface area contributed by atoms with E-state index in [0.29, 0.717) is 17.0 Å². The van der Waals surface area contributed by atoms with Crippen LogP contribution in [0, 0.1) is 0 Å². The summed E-state index contributed by atoms with van der Waals surface area (Å²) < 4.78 is 0. The molecule has 7 nitrogen and oxygen atoms in total. The summed E-state index contributed by atoms with van der Waals surface area (Å²) in [4.78, 5) is 18.5. The Labute approximate surface area is 101 Å². The first-order valence-corrected chi connectivity index (χ1v) is 5.29. The first-order chi connectivity index (χ1) is 8.74. The normalized spacial score (nSPS) is 10.7. The van der Waals surface area contributed by atoms with Gasteiger partial charge in [0.05, 0.1) is 11.2 Å². The second-order valence-electron chi connectivity index (χ2n) is 3.75. The van der Waals surface area contributed by atoms with E-state index in [4.69, 9.17) is 5.73 Å². The number of aromatic amines is 2. The van der Waals surface area contributed by atoms with Gasteiger partial charge in [-0.25, -0.2) is 9.78 Å². The highest BCUT2D eigenvalue weighted by molar-refractivity contribution is 5.98. The van der Waals surface area contributed by atoms with Crippen molar-refractivity contribution >= 4 is 22.8 Å². The molecule has 3 aromatic rings. The second-order valence-corrected chi connectivity index (χ2v) is 3.75. The standard InChI is InChI=1S/C11H10N6O/c12-11(18)15-7-3-1-2-6-9(7)16-10(14-6)8-4-5-13-17-8/h1-5H,(H,13,17)(H,14,16)(H3,12,15,18). The van der Waals surface area contributed by atoms with Gasteiger partial charge in [0.2, 0.25) is 0 Å². The van der Waals surface area contributed by atoms with Crippen molar-refractivity contribution in [2.24, 2.45) is 5.73 Å². The van der Waals surface area contributed by atoms with Gasteiger partial charge in [0.25, 0.3) is 0 Å². The molecule has 1 aromatic carbocycles. The fraction of sp³-hybridized carbons (Fsp3) is 0. The molecule has 2 amide bonds. The largest absolute Gasteiger partial charge is 0.351 e. The molecule has 0 saturated carbocycles. The number of para-hydroxylation sites is 1. The molecule has 0 unspecified atom stereocenters. The molecule has 0 aliphatic rings. The molecule has 2 aromatic heterocycles. The predicted octanol–water partition coefficient (Wildman–Crippen LogP) is 1.44. The Morgan fingerprint density at radius 1 is 1.33 bits per heavy atom. The SMILES string of the molecule is NC(=O)Nc1cccc2[nH]c(-c3ccn[nH]3)nc12. The van der Waals surface area contributed by atoms with Crippen LogP contribution in [-0.4, -0.2) is 26.2 Å². The first-order valence-electron chi connectivity index (χ1n) is 5.29. The maximum Gasteiger partial charge on any atom is 0.316 e. The lowest BCUT2D eigenvalue weighted by molar-refractivity contribution is 0.259. The van der Waals surface area contributed by atoms with Crippen LogP contribution >= 0.6 is 0 Å². The molecule has 5 N–H and O–H groups in total. The van der Waals surface area contributed by atoms with Crippen molar-refractivity contribution in [2.45, 2.75) is 0 Å². The van der Waals surface area contributed by atoms with Gasteiger partial charge in [-0.1, -0.05) is 6.07 Å². The van der Waals surface area contributed by atoms with Crippen molar-refractivity contribution in [3.05, 3.63) is 30.5 Å². The Hall–Kier alpha value is -2.83. The number of nitrogens with zero attached hydrogens (tertiary/aromatic N) is 2. The number of H-pyrrole nitrogens is 2. The molecule has 7 heteroatoms. The number of hydrogen-bond acceptors (Lipinski definition) is 3. The van der Waals surface area contributed by atoms with Gasteiger partial charge in [0.15, 0.2) is 5.82 Å². The zero-order valence-electron chi connectivity index (χ0n) is 9.27. The van der Waals surface area contributed by atoms with Crippen molar-refractivity contribution in [3.8, 4) is 11.5 Å². The van der Waals surface area contributed by atoms with Crippen LogP contribution in [0.25, 0.3) is 22.6 Å². The molecule has 0 radical (unpaired) electrons. The number of hydrogen-bond donors (Lipinski definition) is 4. The molecule has 0 aliphatic heterocycles. The van der Waals surface area contributed by atoms with E-state index in [2.05, 4.69) is 25.5 Å². The molecule has 0 fully saturated rings. The Balaban J connectivity index is 2.14. The summed E-state index contributed by atoms with van der Waals surface area (Å²) in [6.07, 6.45) is 1.64. The number of primary amides is 1. The number of carbonyl (C=O) groups excluding carboxylic acids is 1. The minimum atomic E-state index is -0.617. The number of rotatable bonds is 2. The summed E-state index contributed by atoms with van der Waals surface area (Å²) in [6.45, 7) is 0. The summed E-state index contributed by atoms with van der Waals surface area (Å²) in [5, 5.41) is 9.22. The number of nitrogens with two attached hydrogens (primary N) is 1. The molecule has 90 valence electrons. The van der Waals surface area contributed by atoms with Crippen LogP contribution in [0.5, 0.6) is 0 Å². The lowest BCUT2D eigenvalue weighted by Crippen LogP contribution is -2.19. The van der Waals surface area contributed by atoms with E-state index in [1.165, 1.54) is 0 Å². The van der Waals surface area contributed by atoms with Gasteiger partial charge in [-0.15, -0.1) is 0 Å². The van der Waals surface area contributed by atoms with E-state index in [-0.39, 0.29) is 0 Å². The number of carbonyl (C=O) groups is 1. The number of aromatic nitrogens is 4. The number of fused-ring (bicyclic) bond motifs is 1. The van der Waals surface area contributed by atoms with Gasteiger partial charge < -0.3 is 16.0 Å². The van der Waals surface area contributed by atoms with Gasteiger partial charge in [-0.2, -0.15) is 5.10 Å². The van der Waals surface area contributed by atoms with E-state index >= 15 is 0 Å². The molecule has 0 bridgehead atoms. The number of urea groups is 1. The molecule has 0 aliphatic carbocycles. The summed E-state index contributed by atoms with van der Waals surface area (Å²) >= 11 is 0. The lowest BCUT2D eigenvalue weighted by atomic mass is 10.2. The van der Waals surface area contributed by atoms with Gasteiger partial charge in [-0.3, -0.25) is 5.10 Å². The van der Waals surface area contributed by atoms with Crippen LogP contribution in [0.2, 0.25) is 0 Å². The predicted molar refractivity (Wildman–Crippen MR) is 66.9 cm³/mol. The molecule has 3 rings (SSSR count). The third kappa shape index (κ3) is 1.67. The van der Waals surface area contributed by atoms with Crippen molar-refractivity contribution in [1.29, 1.82) is 0 Å². The average Bonchev–Trinajstić information content (AvgIpc) is 2.97. The van der Waals surface area contributed by atoms with Crippen LogP contribution < -0.4 is 11.1 Å². The van der Waals surface area contributed by atoms with Crippen LogP contribution in [0.1, 0.15) is 0 Å². The number of anilines is 1. The summed E-state index contributed by atoms with van der Waals surface area (Å²) in [5.41, 5.74) is 7.92. The van der Waals surface area contributed by atoms with E-state index in [1.807, 2.05) is 12.1 Å². The fourth-order valence-electron chi connectivity index (χ4n) is 1.78. The minimum absolute atomic E-state index is 0.571. The third-order valence-corrected chi connectivity index (χ3v) is 2.53. The van der Waals surface area contributed by atoms with Gasteiger partial charge in [0.1, 0.15) is 11.2 Å². The molecule has 0 saturated heterocycles. The number of imidazole rings is 1. The highest BCUT2D eigenvalue weighted by Gasteiger charge is 2.10. The number of benzene rings is 1. The van der Waals surface area contributed by atoms with Crippen molar-refractivity contribution in [3.63, 3.8) is 0 Å². The highest BCUT2D eigenvalue weighted by atomic mass is 16.2. The summed E-state index contributed by atoms with van der Waals surface area (Å²) in [7, 11) is 0. The van der Waals surface area contributed by atoms with Crippen LogP contribution in [0.15, 0.2) is 30.5 Å².